The summed E-state index contributed by atoms with van der Waals surface area (Å²) in [6, 6.07) is 21.7. The van der Waals surface area contributed by atoms with E-state index in [-0.39, 0.29) is 16.9 Å². The molecule has 30 heavy (non-hydrogen) atoms. The molecule has 0 radical (unpaired) electrons. The van der Waals surface area contributed by atoms with Gasteiger partial charge in [-0.3, -0.25) is 0 Å². The predicted molar refractivity (Wildman–Crippen MR) is 125 cm³/mol. The summed E-state index contributed by atoms with van der Waals surface area (Å²) in [5.74, 6) is -0.365. The largest absolute Gasteiger partial charge is 0.405 e. The molecule has 3 nitrogen and oxygen atoms in total. The Hall–Kier alpha value is -1.46. The molecule has 0 aliphatic carbocycles. The summed E-state index contributed by atoms with van der Waals surface area (Å²) < 4.78 is 19.8. The molecule has 2 aromatic carbocycles. The molecule has 2 saturated heterocycles. The van der Waals surface area contributed by atoms with Crippen LogP contribution in [0.5, 0.6) is 0 Å². The van der Waals surface area contributed by atoms with E-state index in [2.05, 4.69) is 81.4 Å². The van der Waals surface area contributed by atoms with Crippen LogP contribution in [0, 0.1) is 0 Å². The fourth-order valence-electron chi connectivity index (χ4n) is 5.23. The Kier molecular flexibility index (Phi) is 6.49. The van der Waals surface area contributed by atoms with Crippen molar-refractivity contribution in [2.45, 2.75) is 76.2 Å². The highest BCUT2D eigenvalue weighted by Gasteiger charge is 2.51. The summed E-state index contributed by atoms with van der Waals surface area (Å²) in [5, 5.41) is 2.63. The van der Waals surface area contributed by atoms with Crippen LogP contribution >= 0.6 is 0 Å². The van der Waals surface area contributed by atoms with Gasteiger partial charge >= 0.3 is 0 Å². The molecule has 0 N–H and O–H groups in total. The van der Waals surface area contributed by atoms with Gasteiger partial charge < -0.3 is 13.9 Å². The molecule has 0 bridgehead atoms. The van der Waals surface area contributed by atoms with Crippen LogP contribution in [-0.4, -0.2) is 33.4 Å². The zero-order valence-electron chi connectivity index (χ0n) is 18.7. The molecule has 0 saturated carbocycles. The lowest BCUT2D eigenvalue weighted by Gasteiger charge is -2.46. The first-order valence-corrected chi connectivity index (χ1v) is 13.4. The van der Waals surface area contributed by atoms with Crippen molar-refractivity contribution in [1.82, 2.24) is 0 Å². The van der Waals surface area contributed by atoms with Crippen LogP contribution in [0.2, 0.25) is 5.04 Å². The van der Waals surface area contributed by atoms with Gasteiger partial charge in [0.1, 0.15) is 0 Å². The van der Waals surface area contributed by atoms with Crippen LogP contribution in [0.1, 0.15) is 59.3 Å². The molecular formula is C26H36O3Si. The number of rotatable bonds is 5. The van der Waals surface area contributed by atoms with E-state index in [4.69, 9.17) is 13.9 Å². The van der Waals surface area contributed by atoms with Gasteiger partial charge in [-0.2, -0.15) is 0 Å². The molecule has 2 aliphatic rings. The normalized spacial score (nSPS) is 25.4. The second kappa shape index (κ2) is 8.95. The molecule has 162 valence electrons. The predicted octanol–water partition coefficient (Wildman–Crippen LogP) is 5.03. The van der Waals surface area contributed by atoms with Crippen molar-refractivity contribution in [3.63, 3.8) is 0 Å². The van der Waals surface area contributed by atoms with E-state index in [1.54, 1.807) is 0 Å². The average molecular weight is 425 g/mol. The lowest BCUT2D eigenvalue weighted by atomic mass is 9.95. The van der Waals surface area contributed by atoms with Gasteiger partial charge in [-0.15, -0.1) is 0 Å². The van der Waals surface area contributed by atoms with Crippen LogP contribution < -0.4 is 10.4 Å². The van der Waals surface area contributed by atoms with Gasteiger partial charge in [0.15, 0.2) is 5.79 Å². The van der Waals surface area contributed by atoms with Crippen LogP contribution in [-0.2, 0) is 13.9 Å². The zero-order valence-corrected chi connectivity index (χ0v) is 19.7. The van der Waals surface area contributed by atoms with E-state index >= 15 is 0 Å². The first-order valence-electron chi connectivity index (χ1n) is 11.5. The highest BCUT2D eigenvalue weighted by Crippen LogP contribution is 2.39. The van der Waals surface area contributed by atoms with E-state index < -0.39 is 8.32 Å². The van der Waals surface area contributed by atoms with Gasteiger partial charge in [0.2, 0.25) is 0 Å². The van der Waals surface area contributed by atoms with Gasteiger partial charge in [-0.25, -0.2) is 0 Å². The summed E-state index contributed by atoms with van der Waals surface area (Å²) in [6.45, 7) is 8.42. The molecule has 2 aromatic rings. The lowest BCUT2D eigenvalue weighted by molar-refractivity contribution is -0.297. The van der Waals surface area contributed by atoms with E-state index in [0.29, 0.717) is 6.61 Å². The van der Waals surface area contributed by atoms with Crippen molar-refractivity contribution in [3.8, 4) is 0 Å². The van der Waals surface area contributed by atoms with Gasteiger partial charge in [-0.05, 0) is 41.1 Å². The standard InChI is InChI=1S/C26H36O3Si/c1-25(2,3)30(23-14-6-4-7-15-23,24-16-8-5-9-17-24)28-21-22-13-12-19-26(29-22)18-10-11-20-27-26/h4-9,14-17,22H,10-13,18-21H2,1-3H3/t22-,26-/m1/s1. The Morgan fingerprint density at radius 1 is 0.900 bits per heavy atom. The summed E-state index contributed by atoms with van der Waals surface area (Å²) in [5.41, 5.74) is 0. The molecule has 0 amide bonds. The van der Waals surface area contributed by atoms with E-state index in [1.165, 1.54) is 16.8 Å². The molecule has 4 heteroatoms. The maximum absolute atomic E-state index is 7.10. The molecule has 2 heterocycles. The highest BCUT2D eigenvalue weighted by molar-refractivity contribution is 6.99. The molecule has 2 aliphatic heterocycles. The van der Waals surface area contributed by atoms with E-state index in [9.17, 15) is 0 Å². The first-order chi connectivity index (χ1) is 14.5. The second-order valence-electron chi connectivity index (χ2n) is 9.82. The maximum atomic E-state index is 7.10. The van der Waals surface area contributed by atoms with Gasteiger partial charge in [-0.1, -0.05) is 81.4 Å². The van der Waals surface area contributed by atoms with Crippen LogP contribution in [0.25, 0.3) is 0 Å². The zero-order chi connectivity index (χ0) is 21.1. The molecule has 2 atom stereocenters. The summed E-state index contributed by atoms with van der Waals surface area (Å²) in [4.78, 5) is 0. The van der Waals surface area contributed by atoms with Crippen LogP contribution in [0.4, 0.5) is 0 Å². The first kappa shape index (κ1) is 21.8. The minimum absolute atomic E-state index is 0.0105. The van der Waals surface area contributed by atoms with Crippen molar-refractivity contribution in [3.05, 3.63) is 60.7 Å². The van der Waals surface area contributed by atoms with Crippen LogP contribution in [0.15, 0.2) is 60.7 Å². The minimum atomic E-state index is -2.52. The van der Waals surface area contributed by atoms with Crippen LogP contribution in [0.3, 0.4) is 0 Å². The number of hydrogen-bond acceptors (Lipinski definition) is 3. The molecule has 2 fully saturated rings. The van der Waals surface area contributed by atoms with Gasteiger partial charge in [0, 0.05) is 12.8 Å². The smallest absolute Gasteiger partial charge is 0.261 e. The van der Waals surface area contributed by atoms with E-state index in [1.807, 2.05) is 0 Å². The van der Waals surface area contributed by atoms with Gasteiger partial charge in [0.25, 0.3) is 8.32 Å². The van der Waals surface area contributed by atoms with Crippen molar-refractivity contribution in [1.29, 1.82) is 0 Å². The molecule has 1 spiro atoms. The third-order valence-corrected chi connectivity index (χ3v) is 11.7. The number of hydrogen-bond donors (Lipinski definition) is 0. The molecule has 4 rings (SSSR count). The van der Waals surface area contributed by atoms with Crippen molar-refractivity contribution >= 4 is 18.7 Å². The Bertz CT molecular complexity index is 749. The maximum Gasteiger partial charge on any atom is 0.261 e. The summed E-state index contributed by atoms with van der Waals surface area (Å²) in [7, 11) is -2.52. The quantitative estimate of drug-likeness (QED) is 0.630. The third-order valence-electron chi connectivity index (χ3n) is 6.68. The molecule has 0 aromatic heterocycles. The summed E-state index contributed by atoms with van der Waals surface area (Å²) >= 11 is 0. The second-order valence-corrected chi connectivity index (χ2v) is 14.1. The van der Waals surface area contributed by atoms with Gasteiger partial charge in [0.05, 0.1) is 19.3 Å². The Labute approximate surface area is 182 Å². The Balaban J connectivity index is 1.64. The molecular weight excluding hydrogens is 388 g/mol. The topological polar surface area (TPSA) is 27.7 Å². The number of ether oxygens (including phenoxy) is 2. The highest BCUT2D eigenvalue weighted by atomic mass is 28.4. The average Bonchev–Trinajstić information content (AvgIpc) is 2.75. The fourth-order valence-corrected chi connectivity index (χ4v) is 9.83. The number of benzene rings is 2. The Morgan fingerprint density at radius 2 is 1.50 bits per heavy atom. The summed E-state index contributed by atoms with van der Waals surface area (Å²) in [6.07, 6.45) is 6.67. The lowest BCUT2D eigenvalue weighted by Crippen LogP contribution is -2.67. The monoisotopic (exact) mass is 424 g/mol. The van der Waals surface area contributed by atoms with Crippen molar-refractivity contribution in [2.75, 3.05) is 13.2 Å². The van der Waals surface area contributed by atoms with Crippen molar-refractivity contribution < 1.29 is 13.9 Å². The fraction of sp³-hybridized carbons (Fsp3) is 0.538. The third kappa shape index (κ3) is 4.29. The SMILES string of the molecule is CC(C)(C)[Si](OC[C@H]1CCC[C@@]2(CCCCO2)O1)(c1ccccc1)c1ccccc1. The van der Waals surface area contributed by atoms with E-state index in [0.717, 1.165) is 38.7 Å². The minimum Gasteiger partial charge on any atom is -0.405 e. The Morgan fingerprint density at radius 3 is 2.03 bits per heavy atom. The van der Waals surface area contributed by atoms with Crippen molar-refractivity contribution in [2.24, 2.45) is 0 Å². The molecule has 0 unspecified atom stereocenters.